The number of pyridine rings is 1. The molecule has 38 heavy (non-hydrogen) atoms. The molecule has 11 heteroatoms. The lowest BCUT2D eigenvalue weighted by atomic mass is 10.1. The summed E-state index contributed by atoms with van der Waals surface area (Å²) in [5, 5.41) is 7.39. The van der Waals surface area contributed by atoms with Crippen molar-refractivity contribution >= 4 is 40.5 Å². The van der Waals surface area contributed by atoms with Crippen molar-refractivity contribution in [3.63, 3.8) is 0 Å². The van der Waals surface area contributed by atoms with Gasteiger partial charge in [0, 0.05) is 56.8 Å². The summed E-state index contributed by atoms with van der Waals surface area (Å²) in [5.74, 6) is 1.34. The predicted molar refractivity (Wildman–Crippen MR) is 143 cm³/mol. The van der Waals surface area contributed by atoms with Gasteiger partial charge in [0.2, 0.25) is 17.7 Å². The fourth-order valence-corrected chi connectivity index (χ4v) is 4.94. The van der Waals surface area contributed by atoms with Crippen molar-refractivity contribution in [2.45, 2.75) is 31.3 Å². The van der Waals surface area contributed by atoms with Gasteiger partial charge in [0.15, 0.2) is 5.65 Å². The van der Waals surface area contributed by atoms with Crippen LogP contribution in [-0.2, 0) is 4.79 Å². The number of ether oxygens (including phenoxy) is 1. The molecule has 0 radical (unpaired) electrons. The molecule has 2 fully saturated rings. The molecule has 2 saturated heterocycles. The second-order valence-corrected chi connectivity index (χ2v) is 9.76. The van der Waals surface area contributed by atoms with Gasteiger partial charge in [0.05, 0.1) is 17.6 Å². The molecule has 0 aliphatic carbocycles. The molecule has 3 aromatic heterocycles. The highest BCUT2D eigenvalue weighted by Crippen LogP contribution is 2.30. The Morgan fingerprint density at radius 1 is 1.05 bits per heavy atom. The number of anilines is 3. The number of hydrogen-bond acceptors (Lipinski definition) is 8. The van der Waals surface area contributed by atoms with Crippen LogP contribution in [0.2, 0.25) is 0 Å². The van der Waals surface area contributed by atoms with Gasteiger partial charge in [-0.15, -0.1) is 0 Å². The van der Waals surface area contributed by atoms with Crippen LogP contribution in [0.25, 0.3) is 16.7 Å². The summed E-state index contributed by atoms with van der Waals surface area (Å²) < 4.78 is 7.39. The van der Waals surface area contributed by atoms with Gasteiger partial charge in [0.1, 0.15) is 5.82 Å². The van der Waals surface area contributed by atoms with E-state index in [2.05, 4.69) is 20.6 Å². The number of benzene rings is 1. The molecule has 2 atom stereocenters. The van der Waals surface area contributed by atoms with Crippen LogP contribution in [0.4, 0.5) is 22.2 Å². The topological polar surface area (TPSA) is 118 Å². The number of nitrogens with zero attached hydrogens (tertiary/aromatic N) is 6. The summed E-state index contributed by atoms with van der Waals surface area (Å²) >= 11 is 0. The molecule has 2 aliphatic rings. The zero-order valence-electron chi connectivity index (χ0n) is 21.2. The fourth-order valence-electron chi connectivity index (χ4n) is 4.94. The first-order valence-corrected chi connectivity index (χ1v) is 12.6. The molecule has 11 nitrogen and oxygen atoms in total. The van der Waals surface area contributed by atoms with E-state index in [-0.39, 0.29) is 11.9 Å². The van der Waals surface area contributed by atoms with Crippen molar-refractivity contribution in [1.82, 2.24) is 29.7 Å². The Morgan fingerprint density at radius 2 is 1.87 bits per heavy atom. The first kappa shape index (κ1) is 23.9. The van der Waals surface area contributed by atoms with Crippen molar-refractivity contribution in [1.29, 1.82) is 0 Å². The van der Waals surface area contributed by atoms with Gasteiger partial charge in [0.25, 0.3) is 0 Å². The van der Waals surface area contributed by atoms with Crippen LogP contribution in [0.5, 0.6) is 5.88 Å². The monoisotopic (exact) mass is 512 g/mol. The molecule has 2 amide bonds. The molecular formula is C27H28N8O3. The number of aromatic nitrogens is 4. The average molecular weight is 513 g/mol. The molecule has 5 heterocycles. The summed E-state index contributed by atoms with van der Waals surface area (Å²) in [5.41, 5.74) is 2.14. The quantitative estimate of drug-likeness (QED) is 0.417. The van der Waals surface area contributed by atoms with Gasteiger partial charge in [-0.1, -0.05) is 18.2 Å². The number of para-hydroxylation sites is 1. The van der Waals surface area contributed by atoms with E-state index in [0.29, 0.717) is 47.7 Å². The smallest absolute Gasteiger partial charge is 0.393 e. The van der Waals surface area contributed by atoms with Gasteiger partial charge in [-0.05, 0) is 37.1 Å². The van der Waals surface area contributed by atoms with Crippen LogP contribution in [0.15, 0.2) is 60.9 Å². The van der Waals surface area contributed by atoms with E-state index in [4.69, 9.17) is 9.72 Å². The number of carbonyl (C=O) groups is 2. The highest BCUT2D eigenvalue weighted by Gasteiger charge is 2.34. The Hall–Kier alpha value is -4.51. The van der Waals surface area contributed by atoms with Crippen LogP contribution < -0.4 is 20.3 Å². The summed E-state index contributed by atoms with van der Waals surface area (Å²) in [7, 11) is 3.25. The molecule has 1 aromatic carbocycles. The normalized spacial score (nSPS) is 18.9. The SMILES string of the molecule is CN(C)C(=O)Oc1cc2cnc(Nc3ccc(N4CC5CCC(CC4=O)N5)cn3)nc2n1-c1ccccc1. The first-order valence-electron chi connectivity index (χ1n) is 12.6. The van der Waals surface area contributed by atoms with E-state index in [1.54, 1.807) is 37.1 Å². The first-order chi connectivity index (χ1) is 18.4. The number of amides is 2. The van der Waals surface area contributed by atoms with Gasteiger partial charge < -0.3 is 25.2 Å². The number of rotatable bonds is 5. The molecule has 6 rings (SSSR count). The molecular weight excluding hydrogens is 484 g/mol. The van der Waals surface area contributed by atoms with Crippen LogP contribution in [-0.4, -0.2) is 69.1 Å². The maximum Gasteiger partial charge on any atom is 0.415 e. The Morgan fingerprint density at radius 3 is 2.63 bits per heavy atom. The van der Waals surface area contributed by atoms with E-state index in [9.17, 15) is 9.59 Å². The van der Waals surface area contributed by atoms with Gasteiger partial charge in [-0.25, -0.2) is 14.8 Å². The summed E-state index contributed by atoms with van der Waals surface area (Å²) in [6, 6.07) is 15.6. The summed E-state index contributed by atoms with van der Waals surface area (Å²) in [6.07, 6.45) is 5.53. The third-order valence-corrected chi connectivity index (χ3v) is 6.84. The molecule has 2 aliphatic heterocycles. The summed E-state index contributed by atoms with van der Waals surface area (Å²) in [4.78, 5) is 41.9. The van der Waals surface area contributed by atoms with Crippen molar-refractivity contribution < 1.29 is 14.3 Å². The highest BCUT2D eigenvalue weighted by molar-refractivity contribution is 5.94. The van der Waals surface area contributed by atoms with E-state index < -0.39 is 6.09 Å². The molecule has 0 saturated carbocycles. The minimum absolute atomic E-state index is 0.119. The Bertz CT molecular complexity index is 1490. The maximum absolute atomic E-state index is 12.7. The standard InChI is InChI=1S/C27H28N8O3/c1-33(2)27(37)38-24-12-17-14-29-26(32-25(17)35(24)20-6-4-3-5-7-20)31-22-11-10-21(15-28-22)34-16-19-9-8-18(30-19)13-23(34)36/h3-7,10-12,14-15,18-19,30H,8-9,13,16H2,1-2H3,(H,28,29,31,32). The predicted octanol–water partition coefficient (Wildman–Crippen LogP) is 3.48. The van der Waals surface area contributed by atoms with Crippen LogP contribution in [0.1, 0.15) is 19.3 Å². The number of nitrogens with one attached hydrogen (secondary N) is 2. The van der Waals surface area contributed by atoms with Crippen LogP contribution in [0, 0.1) is 0 Å². The molecule has 2 bridgehead atoms. The molecule has 2 N–H and O–H groups in total. The second kappa shape index (κ2) is 9.75. The van der Waals surface area contributed by atoms with Crippen molar-refractivity contribution in [2.75, 3.05) is 30.9 Å². The third-order valence-electron chi connectivity index (χ3n) is 6.84. The van der Waals surface area contributed by atoms with Crippen molar-refractivity contribution in [3.8, 4) is 11.6 Å². The van der Waals surface area contributed by atoms with E-state index >= 15 is 0 Å². The highest BCUT2D eigenvalue weighted by atomic mass is 16.6. The van der Waals surface area contributed by atoms with E-state index in [1.807, 2.05) is 47.4 Å². The van der Waals surface area contributed by atoms with Crippen LogP contribution >= 0.6 is 0 Å². The second-order valence-electron chi connectivity index (χ2n) is 9.76. The zero-order valence-corrected chi connectivity index (χ0v) is 21.2. The maximum atomic E-state index is 12.7. The largest absolute Gasteiger partial charge is 0.415 e. The van der Waals surface area contributed by atoms with Crippen LogP contribution in [0.3, 0.4) is 0 Å². The summed E-state index contributed by atoms with van der Waals surface area (Å²) in [6.45, 7) is 0.654. The average Bonchev–Trinajstić information content (AvgIpc) is 3.46. The fraction of sp³-hybridized carbons (Fsp3) is 0.296. The Balaban J connectivity index is 1.27. The lowest BCUT2D eigenvalue weighted by Gasteiger charge is -2.24. The van der Waals surface area contributed by atoms with E-state index in [1.165, 1.54) is 4.90 Å². The number of carbonyl (C=O) groups excluding carboxylic acids is 2. The van der Waals surface area contributed by atoms with Crippen molar-refractivity contribution in [3.05, 3.63) is 60.9 Å². The molecule has 2 unspecified atom stereocenters. The van der Waals surface area contributed by atoms with Crippen molar-refractivity contribution in [2.24, 2.45) is 0 Å². The van der Waals surface area contributed by atoms with E-state index in [0.717, 1.165) is 24.2 Å². The minimum atomic E-state index is -0.493. The van der Waals surface area contributed by atoms with Gasteiger partial charge in [-0.3, -0.25) is 9.36 Å². The number of hydrogen-bond donors (Lipinski definition) is 2. The van der Waals surface area contributed by atoms with Gasteiger partial charge in [-0.2, -0.15) is 4.98 Å². The molecule has 194 valence electrons. The number of fused-ring (bicyclic) bond motifs is 3. The molecule has 4 aromatic rings. The minimum Gasteiger partial charge on any atom is -0.393 e. The lowest BCUT2D eigenvalue weighted by Crippen LogP contribution is -2.37. The lowest BCUT2D eigenvalue weighted by molar-refractivity contribution is -0.118. The molecule has 0 spiro atoms. The Kier molecular flexibility index (Phi) is 6.12. The van der Waals surface area contributed by atoms with Gasteiger partial charge >= 0.3 is 6.09 Å². The zero-order chi connectivity index (χ0) is 26.2. The Labute approximate surface area is 219 Å². The third kappa shape index (κ3) is 4.63.